The number of alkyl halides is 3. The molecular formula is C22H21F3N2O2. The molecule has 152 valence electrons. The Hall–Kier alpha value is -2.70. The Morgan fingerprint density at radius 2 is 1.79 bits per heavy atom. The van der Waals surface area contributed by atoms with E-state index in [1.165, 1.54) is 12.1 Å². The lowest BCUT2D eigenvalue weighted by molar-refractivity contribution is -0.142. The van der Waals surface area contributed by atoms with Crippen molar-refractivity contribution in [3.8, 4) is 0 Å². The molecule has 4 nitrogen and oxygen atoms in total. The number of carboxylic acid groups (broad SMARTS) is 1. The molecule has 1 N–H and O–H groups in total. The Morgan fingerprint density at radius 3 is 2.52 bits per heavy atom. The quantitative estimate of drug-likeness (QED) is 0.784. The highest BCUT2D eigenvalue weighted by atomic mass is 19.4. The minimum atomic E-state index is -4.34. The maximum atomic E-state index is 13.2. The molecule has 2 aromatic carbocycles. The van der Waals surface area contributed by atoms with Gasteiger partial charge in [0, 0.05) is 42.1 Å². The molecule has 1 aliphatic carbocycles. The molecule has 0 bridgehead atoms. The van der Waals surface area contributed by atoms with Crippen molar-refractivity contribution in [1.29, 1.82) is 0 Å². The number of hydrogen-bond acceptors (Lipinski definition) is 3. The van der Waals surface area contributed by atoms with Crippen molar-refractivity contribution >= 4 is 23.0 Å². The van der Waals surface area contributed by atoms with Gasteiger partial charge in [-0.3, -0.25) is 4.79 Å². The van der Waals surface area contributed by atoms with Gasteiger partial charge in [0.2, 0.25) is 0 Å². The van der Waals surface area contributed by atoms with Gasteiger partial charge in [-0.1, -0.05) is 12.5 Å². The van der Waals surface area contributed by atoms with Crippen molar-refractivity contribution in [1.82, 2.24) is 0 Å². The largest absolute Gasteiger partial charge is 0.481 e. The van der Waals surface area contributed by atoms with E-state index < -0.39 is 17.7 Å². The lowest BCUT2D eigenvalue weighted by Gasteiger charge is -2.39. The molecule has 2 unspecified atom stereocenters. The second-order valence-electron chi connectivity index (χ2n) is 8.21. The Kier molecular flexibility index (Phi) is 4.05. The summed E-state index contributed by atoms with van der Waals surface area (Å²) in [4.78, 5) is 15.3. The summed E-state index contributed by atoms with van der Waals surface area (Å²) in [7, 11) is 0. The Morgan fingerprint density at radius 1 is 1.03 bits per heavy atom. The van der Waals surface area contributed by atoms with Gasteiger partial charge in [-0.25, -0.2) is 0 Å². The monoisotopic (exact) mass is 402 g/mol. The molecule has 0 spiro atoms. The molecule has 2 fully saturated rings. The van der Waals surface area contributed by atoms with Crippen molar-refractivity contribution in [3.63, 3.8) is 0 Å². The number of fused-ring (bicyclic) bond motifs is 3. The van der Waals surface area contributed by atoms with Gasteiger partial charge in [-0.2, -0.15) is 13.2 Å². The summed E-state index contributed by atoms with van der Waals surface area (Å²) in [5.74, 6) is -0.998. The minimum absolute atomic E-state index is 0.122. The molecule has 1 saturated carbocycles. The number of carbonyl (C=O) groups is 1. The summed E-state index contributed by atoms with van der Waals surface area (Å²) in [6, 6.07) is 12.2. The number of nitrogens with zero attached hydrogens (tertiary/aromatic N) is 2. The van der Waals surface area contributed by atoms with Crippen LogP contribution in [-0.4, -0.2) is 30.2 Å². The van der Waals surface area contributed by atoms with E-state index in [0.717, 1.165) is 41.9 Å². The van der Waals surface area contributed by atoms with Crippen LogP contribution in [0.2, 0.25) is 0 Å². The molecule has 7 heteroatoms. The molecule has 2 aliphatic heterocycles. The van der Waals surface area contributed by atoms with Crippen LogP contribution in [0.5, 0.6) is 0 Å². The smallest absolute Gasteiger partial charge is 0.416 e. The third kappa shape index (κ3) is 2.94. The third-order valence-corrected chi connectivity index (χ3v) is 6.53. The molecule has 0 aromatic heterocycles. The lowest BCUT2D eigenvalue weighted by Crippen LogP contribution is -2.50. The van der Waals surface area contributed by atoms with Crippen molar-refractivity contribution in [2.24, 2.45) is 5.92 Å². The zero-order valence-corrected chi connectivity index (χ0v) is 15.7. The average Bonchev–Trinajstić information content (AvgIpc) is 3.19. The van der Waals surface area contributed by atoms with Crippen LogP contribution in [0.25, 0.3) is 0 Å². The fourth-order valence-corrected chi connectivity index (χ4v) is 5.05. The SMILES string of the molecule is O=C(O)C1CN(c2cccc(N3c4ccc(C(F)(F)F)cc4C4CCCC43)c2)C1. The number of anilines is 3. The van der Waals surface area contributed by atoms with Gasteiger partial charge in [0.1, 0.15) is 0 Å². The fraction of sp³-hybridized carbons (Fsp3) is 0.409. The predicted molar refractivity (Wildman–Crippen MR) is 104 cm³/mol. The predicted octanol–water partition coefficient (Wildman–Crippen LogP) is 5.01. The van der Waals surface area contributed by atoms with Gasteiger partial charge < -0.3 is 14.9 Å². The average molecular weight is 402 g/mol. The minimum Gasteiger partial charge on any atom is -0.481 e. The number of halogens is 3. The van der Waals surface area contributed by atoms with Crippen LogP contribution >= 0.6 is 0 Å². The molecule has 0 amide bonds. The van der Waals surface area contributed by atoms with Gasteiger partial charge >= 0.3 is 12.1 Å². The van der Waals surface area contributed by atoms with Crippen LogP contribution < -0.4 is 9.80 Å². The molecule has 2 aromatic rings. The second kappa shape index (κ2) is 6.40. The molecule has 3 aliphatic rings. The molecule has 0 radical (unpaired) electrons. The molecule has 29 heavy (non-hydrogen) atoms. The Balaban J connectivity index is 1.49. The Bertz CT molecular complexity index is 969. The standard InChI is InChI=1S/C22H21F3N2O2/c23-22(24,25)14-7-8-20-18(9-14)17-5-2-6-19(17)27(20)16-4-1-3-15(10-16)26-11-13(12-26)21(28)29/h1,3-4,7-10,13,17,19H,2,5-6,11-12H2,(H,28,29). The van der Waals surface area contributed by atoms with Gasteiger partial charge in [-0.15, -0.1) is 0 Å². The Labute approximate surface area is 166 Å². The lowest BCUT2D eigenvalue weighted by atomic mass is 9.96. The fourth-order valence-electron chi connectivity index (χ4n) is 5.05. The van der Waals surface area contributed by atoms with Crippen molar-refractivity contribution in [3.05, 3.63) is 53.6 Å². The first-order valence-corrected chi connectivity index (χ1v) is 9.91. The molecule has 2 heterocycles. The summed E-state index contributed by atoms with van der Waals surface area (Å²) in [5.41, 5.74) is 2.98. The molecule has 5 rings (SSSR count). The van der Waals surface area contributed by atoms with E-state index in [9.17, 15) is 18.0 Å². The van der Waals surface area contributed by atoms with Gasteiger partial charge in [0.05, 0.1) is 11.5 Å². The number of aliphatic carboxylic acids is 1. The summed E-state index contributed by atoms with van der Waals surface area (Å²) in [5, 5.41) is 9.10. The summed E-state index contributed by atoms with van der Waals surface area (Å²) < 4.78 is 39.7. The number of hydrogen-bond donors (Lipinski definition) is 1. The topological polar surface area (TPSA) is 43.8 Å². The zero-order valence-electron chi connectivity index (χ0n) is 15.7. The number of benzene rings is 2. The van der Waals surface area contributed by atoms with E-state index >= 15 is 0 Å². The van der Waals surface area contributed by atoms with Crippen molar-refractivity contribution < 1.29 is 23.1 Å². The summed E-state index contributed by atoms with van der Waals surface area (Å²) in [6.07, 6.45) is -1.47. The summed E-state index contributed by atoms with van der Waals surface area (Å²) >= 11 is 0. The van der Waals surface area contributed by atoms with Crippen molar-refractivity contribution in [2.45, 2.75) is 37.4 Å². The van der Waals surface area contributed by atoms with E-state index in [0.29, 0.717) is 13.1 Å². The molecule has 2 atom stereocenters. The van der Waals surface area contributed by atoms with Crippen LogP contribution in [0.4, 0.5) is 30.2 Å². The second-order valence-corrected chi connectivity index (χ2v) is 8.21. The van der Waals surface area contributed by atoms with Crippen LogP contribution in [-0.2, 0) is 11.0 Å². The van der Waals surface area contributed by atoms with Gasteiger partial charge in [-0.05, 0) is 54.8 Å². The first-order chi connectivity index (χ1) is 13.8. The molecular weight excluding hydrogens is 381 g/mol. The number of carboxylic acids is 1. The highest BCUT2D eigenvalue weighted by Gasteiger charge is 2.44. The molecule has 1 saturated heterocycles. The highest BCUT2D eigenvalue weighted by molar-refractivity contribution is 5.78. The van der Waals surface area contributed by atoms with Crippen molar-refractivity contribution in [2.75, 3.05) is 22.9 Å². The third-order valence-electron chi connectivity index (χ3n) is 6.53. The number of rotatable bonds is 3. The maximum absolute atomic E-state index is 13.2. The van der Waals surface area contributed by atoms with E-state index in [1.54, 1.807) is 6.07 Å². The van der Waals surface area contributed by atoms with E-state index in [-0.39, 0.29) is 17.9 Å². The maximum Gasteiger partial charge on any atom is 0.416 e. The first-order valence-electron chi connectivity index (χ1n) is 9.91. The summed E-state index contributed by atoms with van der Waals surface area (Å²) in [6.45, 7) is 0.965. The van der Waals surface area contributed by atoms with Crippen LogP contribution in [0.15, 0.2) is 42.5 Å². The van der Waals surface area contributed by atoms with Crippen LogP contribution in [0, 0.1) is 5.92 Å². The van der Waals surface area contributed by atoms with E-state index in [1.807, 2.05) is 29.2 Å². The van der Waals surface area contributed by atoms with E-state index in [2.05, 4.69) is 4.90 Å². The van der Waals surface area contributed by atoms with Crippen LogP contribution in [0.3, 0.4) is 0 Å². The highest BCUT2D eigenvalue weighted by Crippen LogP contribution is 2.53. The van der Waals surface area contributed by atoms with Gasteiger partial charge in [0.25, 0.3) is 0 Å². The zero-order chi connectivity index (χ0) is 20.3. The normalized spacial score (nSPS) is 23.7. The van der Waals surface area contributed by atoms with E-state index in [4.69, 9.17) is 5.11 Å². The van der Waals surface area contributed by atoms with Crippen LogP contribution in [0.1, 0.15) is 36.3 Å². The van der Waals surface area contributed by atoms with Gasteiger partial charge in [0.15, 0.2) is 0 Å². The first kappa shape index (κ1) is 18.3.